The fraction of sp³-hybridized carbons (Fsp3) is 1.00. The molecule has 140 valence electrons. The average Bonchev–Trinajstić information content (AvgIpc) is 2.45. The molecule has 0 radical (unpaired) electrons. The monoisotopic (exact) mass is 353 g/mol. The van der Waals surface area contributed by atoms with Crippen LogP contribution in [0.15, 0.2) is 0 Å². The molecule has 23 heavy (non-hydrogen) atoms. The maximum absolute atomic E-state index is 10.8. The SMILES string of the molecule is CCCOCCOCC[N+](CCC)(CCC)CCCS(=O)(=O)[O-]. The van der Waals surface area contributed by atoms with Gasteiger partial charge in [0.15, 0.2) is 0 Å². The van der Waals surface area contributed by atoms with Gasteiger partial charge in [-0.2, -0.15) is 0 Å². The van der Waals surface area contributed by atoms with Gasteiger partial charge < -0.3 is 18.5 Å². The van der Waals surface area contributed by atoms with Crippen molar-refractivity contribution in [2.24, 2.45) is 0 Å². The molecule has 7 heteroatoms. The summed E-state index contributed by atoms with van der Waals surface area (Å²) in [4.78, 5) is 0. The first-order valence-corrected chi connectivity index (χ1v) is 10.4. The second-order valence-corrected chi connectivity index (χ2v) is 7.60. The van der Waals surface area contributed by atoms with Crippen LogP contribution in [0, 0.1) is 0 Å². The average molecular weight is 354 g/mol. The lowest BCUT2D eigenvalue weighted by molar-refractivity contribution is -0.928. The molecular weight excluding hydrogens is 318 g/mol. The zero-order chi connectivity index (χ0) is 17.6. The third-order valence-electron chi connectivity index (χ3n) is 3.85. The molecule has 0 heterocycles. The molecule has 0 rings (SSSR count). The zero-order valence-corrected chi connectivity index (χ0v) is 15.9. The molecule has 0 aromatic rings. The van der Waals surface area contributed by atoms with E-state index in [1.54, 1.807) is 0 Å². The van der Waals surface area contributed by atoms with Gasteiger partial charge in [0, 0.05) is 18.8 Å². The summed E-state index contributed by atoms with van der Waals surface area (Å²) in [6, 6.07) is 0. The van der Waals surface area contributed by atoms with Gasteiger partial charge in [0.05, 0.1) is 49.6 Å². The van der Waals surface area contributed by atoms with E-state index in [2.05, 4.69) is 20.8 Å². The predicted molar refractivity (Wildman–Crippen MR) is 91.4 cm³/mol. The Balaban J connectivity index is 4.30. The Bertz CT molecular complexity index is 367. The highest BCUT2D eigenvalue weighted by Crippen LogP contribution is 2.12. The summed E-state index contributed by atoms with van der Waals surface area (Å²) in [6.07, 6.45) is 3.49. The minimum Gasteiger partial charge on any atom is -0.748 e. The van der Waals surface area contributed by atoms with Gasteiger partial charge in [-0.1, -0.05) is 20.8 Å². The van der Waals surface area contributed by atoms with Crippen LogP contribution in [0.2, 0.25) is 0 Å². The molecule has 0 bridgehead atoms. The van der Waals surface area contributed by atoms with E-state index >= 15 is 0 Å². The molecule has 0 aromatic heterocycles. The molecule has 0 saturated carbocycles. The Morgan fingerprint density at radius 1 is 0.783 bits per heavy atom. The van der Waals surface area contributed by atoms with Crippen LogP contribution in [0.1, 0.15) is 46.5 Å². The zero-order valence-electron chi connectivity index (χ0n) is 15.1. The molecule has 0 aromatic carbocycles. The lowest BCUT2D eigenvalue weighted by atomic mass is 10.2. The van der Waals surface area contributed by atoms with Crippen LogP contribution >= 0.6 is 0 Å². The molecule has 0 amide bonds. The number of nitrogens with zero attached hydrogens (tertiary/aromatic N) is 1. The minimum atomic E-state index is -4.12. The van der Waals surface area contributed by atoms with Crippen molar-refractivity contribution in [1.82, 2.24) is 0 Å². The van der Waals surface area contributed by atoms with Crippen molar-refractivity contribution in [2.45, 2.75) is 46.5 Å². The van der Waals surface area contributed by atoms with Gasteiger partial charge in [0.2, 0.25) is 0 Å². The van der Waals surface area contributed by atoms with Gasteiger partial charge in [-0.05, 0) is 19.3 Å². The summed E-state index contributed by atoms with van der Waals surface area (Å²) in [6.45, 7) is 12.5. The van der Waals surface area contributed by atoms with E-state index in [-0.39, 0.29) is 5.75 Å². The van der Waals surface area contributed by atoms with Crippen molar-refractivity contribution in [3.8, 4) is 0 Å². The molecule has 0 fully saturated rings. The summed E-state index contributed by atoms with van der Waals surface area (Å²) < 4.78 is 44.3. The van der Waals surface area contributed by atoms with Gasteiger partial charge >= 0.3 is 0 Å². The van der Waals surface area contributed by atoms with Gasteiger partial charge in [0.25, 0.3) is 0 Å². The maximum atomic E-state index is 10.8. The molecule has 0 aliphatic rings. The molecule has 0 unspecified atom stereocenters. The van der Waals surface area contributed by atoms with E-state index < -0.39 is 10.1 Å². The summed E-state index contributed by atoms with van der Waals surface area (Å²) in [5.41, 5.74) is 0. The quantitative estimate of drug-likeness (QED) is 0.241. The van der Waals surface area contributed by atoms with Crippen LogP contribution in [-0.4, -0.2) is 75.8 Å². The van der Waals surface area contributed by atoms with Gasteiger partial charge in [-0.15, -0.1) is 0 Å². The number of ether oxygens (including phenoxy) is 2. The second-order valence-electron chi connectivity index (χ2n) is 6.08. The van der Waals surface area contributed by atoms with E-state index in [9.17, 15) is 13.0 Å². The highest BCUT2D eigenvalue weighted by Gasteiger charge is 2.25. The minimum absolute atomic E-state index is 0.272. The third-order valence-corrected chi connectivity index (χ3v) is 4.64. The van der Waals surface area contributed by atoms with Crippen molar-refractivity contribution in [1.29, 1.82) is 0 Å². The normalized spacial score (nSPS) is 12.7. The third kappa shape index (κ3) is 12.8. The van der Waals surface area contributed by atoms with E-state index in [4.69, 9.17) is 9.47 Å². The molecule has 0 spiro atoms. The Kier molecular flexibility index (Phi) is 13.0. The fourth-order valence-corrected chi connectivity index (χ4v) is 3.40. The van der Waals surface area contributed by atoms with Crippen LogP contribution in [0.3, 0.4) is 0 Å². The van der Waals surface area contributed by atoms with Crippen molar-refractivity contribution < 1.29 is 26.9 Å². The lowest BCUT2D eigenvalue weighted by Crippen LogP contribution is -2.52. The van der Waals surface area contributed by atoms with Crippen molar-refractivity contribution in [3.63, 3.8) is 0 Å². The van der Waals surface area contributed by atoms with Gasteiger partial charge in [0.1, 0.15) is 6.54 Å². The summed E-state index contributed by atoms with van der Waals surface area (Å²) in [5.74, 6) is -0.272. The predicted octanol–water partition coefficient (Wildman–Crippen LogP) is 2.00. The number of hydrogen-bond acceptors (Lipinski definition) is 5. The highest BCUT2D eigenvalue weighted by molar-refractivity contribution is 7.85. The standard InChI is InChI=1S/C16H35NO5S/c1-4-8-17(9-5-2,10-7-16-23(18,19)20)11-13-22-15-14-21-12-6-3/h4-16H2,1-3H3. The Morgan fingerprint density at radius 3 is 1.83 bits per heavy atom. The van der Waals surface area contributed by atoms with E-state index in [0.29, 0.717) is 26.2 Å². The number of hydrogen-bond donors (Lipinski definition) is 0. The first kappa shape index (κ1) is 22.8. The van der Waals surface area contributed by atoms with Gasteiger partial charge in [-0.3, -0.25) is 0 Å². The molecule has 0 saturated heterocycles. The van der Waals surface area contributed by atoms with E-state index in [0.717, 1.165) is 56.5 Å². The maximum Gasteiger partial charge on any atom is 0.102 e. The van der Waals surface area contributed by atoms with Crippen molar-refractivity contribution in [2.75, 3.05) is 58.4 Å². The number of quaternary nitrogens is 1. The van der Waals surface area contributed by atoms with Crippen LogP contribution in [0.25, 0.3) is 0 Å². The van der Waals surface area contributed by atoms with Crippen LogP contribution in [0.5, 0.6) is 0 Å². The summed E-state index contributed by atoms with van der Waals surface area (Å²) >= 11 is 0. The first-order chi connectivity index (χ1) is 10.9. The smallest absolute Gasteiger partial charge is 0.102 e. The molecule has 0 atom stereocenters. The topological polar surface area (TPSA) is 75.7 Å². The molecule has 0 aliphatic heterocycles. The van der Waals surface area contributed by atoms with E-state index in [1.165, 1.54) is 0 Å². The Morgan fingerprint density at radius 2 is 1.35 bits per heavy atom. The van der Waals surface area contributed by atoms with Crippen LogP contribution in [-0.2, 0) is 19.6 Å². The largest absolute Gasteiger partial charge is 0.748 e. The van der Waals surface area contributed by atoms with Gasteiger partial charge in [-0.25, -0.2) is 8.42 Å². The summed E-state index contributed by atoms with van der Waals surface area (Å²) in [5, 5.41) is 0. The van der Waals surface area contributed by atoms with Crippen molar-refractivity contribution >= 4 is 10.1 Å². The summed E-state index contributed by atoms with van der Waals surface area (Å²) in [7, 11) is -4.12. The van der Waals surface area contributed by atoms with Crippen molar-refractivity contribution in [3.05, 3.63) is 0 Å². The Labute approximate surface area is 142 Å². The Hall–Kier alpha value is -0.210. The number of rotatable bonds is 16. The molecule has 0 aliphatic carbocycles. The molecular formula is C16H35NO5S. The second kappa shape index (κ2) is 13.1. The van der Waals surface area contributed by atoms with E-state index in [1.807, 2.05) is 0 Å². The van der Waals surface area contributed by atoms with Crippen LogP contribution in [0.4, 0.5) is 0 Å². The fourth-order valence-electron chi connectivity index (χ4n) is 2.92. The molecule has 0 N–H and O–H groups in total. The molecule has 6 nitrogen and oxygen atoms in total. The van der Waals surface area contributed by atoms with Crippen LogP contribution < -0.4 is 0 Å². The first-order valence-electron chi connectivity index (χ1n) is 8.83. The lowest BCUT2D eigenvalue weighted by Gasteiger charge is -2.38. The highest BCUT2D eigenvalue weighted by atomic mass is 32.2.